The molecule has 0 unspecified atom stereocenters. The maximum absolute atomic E-state index is 8.97. The average Bonchev–Trinajstić information content (AvgIpc) is 2.17. The van der Waals surface area contributed by atoms with Crippen LogP contribution in [0.25, 0.3) is 0 Å². The molecule has 0 aromatic heterocycles. The van der Waals surface area contributed by atoms with E-state index in [1.807, 2.05) is 24.3 Å². The van der Waals surface area contributed by atoms with Crippen LogP contribution in [0.2, 0.25) is 0 Å². The predicted octanol–water partition coefficient (Wildman–Crippen LogP) is 1.44. The third-order valence-electron chi connectivity index (χ3n) is 1.67. The number of para-hydroxylation sites is 1. The van der Waals surface area contributed by atoms with E-state index < -0.39 is 0 Å². The molecule has 0 saturated heterocycles. The Hall–Kier alpha value is -1.00. The van der Waals surface area contributed by atoms with Crippen LogP contribution in [-0.2, 0) is 0 Å². The van der Waals surface area contributed by atoms with E-state index >= 15 is 0 Å². The second-order valence-electron chi connectivity index (χ2n) is 2.39. The number of rotatable bonds is 1. The highest BCUT2D eigenvalue weighted by atomic mass is 32.2. The van der Waals surface area contributed by atoms with E-state index in [2.05, 4.69) is 4.40 Å². The summed E-state index contributed by atoms with van der Waals surface area (Å²) in [6.45, 7) is -0.0149. The molecule has 0 amide bonds. The second-order valence-corrected chi connectivity index (χ2v) is 3.21. The highest BCUT2D eigenvalue weighted by Crippen LogP contribution is 2.29. The van der Waals surface area contributed by atoms with E-state index in [1.54, 1.807) is 10.5 Å². The first-order valence-electron chi connectivity index (χ1n) is 3.60. The molecule has 1 aromatic carbocycles. The van der Waals surface area contributed by atoms with Gasteiger partial charge in [0.15, 0.2) is 0 Å². The molecule has 1 heterocycles. The SMILES string of the molecule is OCN1SN=Cc2ccccc21. The number of aliphatic hydroxyl groups is 1. The van der Waals surface area contributed by atoms with Gasteiger partial charge in [0.1, 0.15) is 6.73 Å². The summed E-state index contributed by atoms with van der Waals surface area (Å²) in [5.41, 5.74) is 2.06. The highest BCUT2D eigenvalue weighted by molar-refractivity contribution is 7.99. The molecule has 0 fully saturated rings. The van der Waals surface area contributed by atoms with Crippen molar-refractivity contribution in [1.82, 2.24) is 0 Å². The fourth-order valence-corrected chi connectivity index (χ4v) is 1.69. The molecule has 12 heavy (non-hydrogen) atoms. The summed E-state index contributed by atoms with van der Waals surface area (Å²) in [5, 5.41) is 8.97. The van der Waals surface area contributed by atoms with Crippen molar-refractivity contribution in [3.8, 4) is 0 Å². The van der Waals surface area contributed by atoms with Crippen LogP contribution in [0.4, 0.5) is 5.69 Å². The van der Waals surface area contributed by atoms with Crippen LogP contribution in [0.15, 0.2) is 28.7 Å². The first kappa shape index (κ1) is 7.64. The average molecular weight is 180 g/mol. The molecule has 1 aliphatic heterocycles. The Bertz CT molecular complexity index is 314. The van der Waals surface area contributed by atoms with E-state index in [4.69, 9.17) is 5.11 Å². The number of nitrogens with zero attached hydrogens (tertiary/aromatic N) is 2. The van der Waals surface area contributed by atoms with Crippen molar-refractivity contribution in [1.29, 1.82) is 0 Å². The Balaban J connectivity index is 2.45. The zero-order chi connectivity index (χ0) is 8.39. The second kappa shape index (κ2) is 3.16. The van der Waals surface area contributed by atoms with Gasteiger partial charge < -0.3 is 5.11 Å². The quantitative estimate of drug-likeness (QED) is 0.664. The first-order chi connectivity index (χ1) is 5.92. The van der Waals surface area contributed by atoms with E-state index in [0.717, 1.165) is 11.3 Å². The van der Waals surface area contributed by atoms with Crippen molar-refractivity contribution in [2.24, 2.45) is 4.40 Å². The largest absolute Gasteiger partial charge is 0.375 e. The Labute approximate surface area is 75.0 Å². The summed E-state index contributed by atoms with van der Waals surface area (Å²) in [5.74, 6) is 0. The van der Waals surface area contributed by atoms with Crippen LogP contribution in [0.3, 0.4) is 0 Å². The van der Waals surface area contributed by atoms with E-state index in [-0.39, 0.29) is 6.73 Å². The third-order valence-corrected chi connectivity index (χ3v) is 2.38. The number of anilines is 1. The van der Waals surface area contributed by atoms with Gasteiger partial charge in [-0.25, -0.2) is 4.40 Å². The van der Waals surface area contributed by atoms with E-state index in [0.29, 0.717) is 0 Å². The van der Waals surface area contributed by atoms with Crippen LogP contribution in [0.1, 0.15) is 5.56 Å². The fraction of sp³-hybridized carbons (Fsp3) is 0.125. The topological polar surface area (TPSA) is 35.8 Å². The molecule has 0 radical (unpaired) electrons. The van der Waals surface area contributed by atoms with Crippen molar-refractivity contribution < 1.29 is 5.11 Å². The first-order valence-corrected chi connectivity index (χ1v) is 4.33. The zero-order valence-electron chi connectivity index (χ0n) is 6.34. The molecule has 62 valence electrons. The molecular formula is C8H8N2OS. The molecule has 0 bridgehead atoms. The molecule has 2 rings (SSSR count). The lowest BCUT2D eigenvalue weighted by molar-refractivity contribution is 0.312. The molecule has 4 heteroatoms. The fourth-order valence-electron chi connectivity index (χ4n) is 1.11. The smallest absolute Gasteiger partial charge is 0.127 e. The van der Waals surface area contributed by atoms with Gasteiger partial charge in [0.25, 0.3) is 0 Å². The molecule has 3 nitrogen and oxygen atoms in total. The summed E-state index contributed by atoms with van der Waals surface area (Å²) in [6, 6.07) is 7.84. The number of benzene rings is 1. The molecule has 0 saturated carbocycles. The minimum Gasteiger partial charge on any atom is -0.375 e. The molecule has 0 spiro atoms. The molecule has 0 aliphatic carbocycles. The standard InChI is InChI=1S/C8H8N2OS/c11-6-10-8-4-2-1-3-7(8)5-9-12-10/h1-5,11H,6H2. The normalized spacial score (nSPS) is 14.6. The van der Waals surface area contributed by atoms with E-state index in [9.17, 15) is 0 Å². The number of hydrogen-bond donors (Lipinski definition) is 1. The Morgan fingerprint density at radius 1 is 1.42 bits per heavy atom. The molecular weight excluding hydrogens is 172 g/mol. The van der Waals surface area contributed by atoms with Gasteiger partial charge in [0.2, 0.25) is 0 Å². The lowest BCUT2D eigenvalue weighted by atomic mass is 10.2. The molecule has 1 aliphatic rings. The van der Waals surface area contributed by atoms with Crippen LogP contribution in [0, 0.1) is 0 Å². The van der Waals surface area contributed by atoms with Gasteiger partial charge >= 0.3 is 0 Å². The molecule has 0 atom stereocenters. The van der Waals surface area contributed by atoms with Gasteiger partial charge in [0.05, 0.1) is 17.8 Å². The van der Waals surface area contributed by atoms with E-state index in [1.165, 1.54) is 12.1 Å². The Kier molecular flexibility index (Phi) is 2.01. The van der Waals surface area contributed by atoms with Crippen LogP contribution < -0.4 is 4.31 Å². The summed E-state index contributed by atoms with van der Waals surface area (Å²) >= 11 is 1.26. The maximum atomic E-state index is 8.97. The number of aliphatic hydroxyl groups excluding tert-OH is 1. The number of fused-ring (bicyclic) bond motifs is 1. The van der Waals surface area contributed by atoms with Gasteiger partial charge in [-0.15, -0.1) is 0 Å². The van der Waals surface area contributed by atoms with Crippen molar-refractivity contribution in [3.63, 3.8) is 0 Å². The summed E-state index contributed by atoms with van der Waals surface area (Å²) < 4.78 is 5.76. The van der Waals surface area contributed by atoms with Crippen molar-refractivity contribution >= 4 is 24.0 Å². The summed E-state index contributed by atoms with van der Waals surface area (Å²) in [4.78, 5) is 0. The summed E-state index contributed by atoms with van der Waals surface area (Å²) in [6.07, 6.45) is 1.80. The van der Waals surface area contributed by atoms with Crippen LogP contribution in [-0.4, -0.2) is 18.1 Å². The van der Waals surface area contributed by atoms with Gasteiger partial charge in [0, 0.05) is 11.8 Å². The van der Waals surface area contributed by atoms with Crippen molar-refractivity contribution in [3.05, 3.63) is 29.8 Å². The minimum absolute atomic E-state index is 0.0149. The van der Waals surface area contributed by atoms with Gasteiger partial charge in [-0.1, -0.05) is 18.2 Å². The maximum Gasteiger partial charge on any atom is 0.127 e. The Morgan fingerprint density at radius 2 is 2.25 bits per heavy atom. The lowest BCUT2D eigenvalue weighted by Crippen LogP contribution is -2.18. The highest BCUT2D eigenvalue weighted by Gasteiger charge is 2.12. The van der Waals surface area contributed by atoms with Crippen molar-refractivity contribution in [2.45, 2.75) is 0 Å². The zero-order valence-corrected chi connectivity index (χ0v) is 7.16. The monoisotopic (exact) mass is 180 g/mol. The molecule has 1 aromatic rings. The summed E-state index contributed by atoms with van der Waals surface area (Å²) in [7, 11) is 0. The van der Waals surface area contributed by atoms with Crippen LogP contribution in [0.5, 0.6) is 0 Å². The lowest BCUT2D eigenvalue weighted by Gasteiger charge is -2.22. The molecule has 1 N–H and O–H groups in total. The number of hydrogen-bond acceptors (Lipinski definition) is 4. The van der Waals surface area contributed by atoms with Gasteiger partial charge in [-0.3, -0.25) is 4.31 Å². The van der Waals surface area contributed by atoms with Crippen LogP contribution >= 0.6 is 12.1 Å². The minimum atomic E-state index is -0.0149. The van der Waals surface area contributed by atoms with Crippen molar-refractivity contribution in [2.75, 3.05) is 11.0 Å². The third kappa shape index (κ3) is 1.19. The Morgan fingerprint density at radius 3 is 3.08 bits per heavy atom. The predicted molar refractivity (Wildman–Crippen MR) is 51.2 cm³/mol. The van der Waals surface area contributed by atoms with Gasteiger partial charge in [-0.2, -0.15) is 0 Å². The van der Waals surface area contributed by atoms with Gasteiger partial charge in [-0.05, 0) is 6.07 Å².